The molecule has 0 unspecified atom stereocenters. The fraction of sp³-hybridized carbons (Fsp3) is 0.208. The molecule has 1 aromatic heterocycles. The molecule has 0 amide bonds. The van der Waals surface area contributed by atoms with E-state index in [4.69, 9.17) is 30.7 Å². The molecule has 32 heavy (non-hydrogen) atoms. The number of hydrogen-bond acceptors (Lipinski definition) is 7. The van der Waals surface area contributed by atoms with Gasteiger partial charge in [-0.2, -0.15) is 0 Å². The lowest BCUT2D eigenvalue weighted by molar-refractivity contribution is 0.171. The number of hydrogen-bond donors (Lipinski definition) is 3. The SMILES string of the molecule is OCCNCc1ccc2onc(Nc3cccc(-c4ccc5c(c4)OCCO5)c3Cl)c2c1. The summed E-state index contributed by atoms with van der Waals surface area (Å²) < 4.78 is 16.8. The summed E-state index contributed by atoms with van der Waals surface area (Å²) in [6, 6.07) is 17.5. The number of anilines is 2. The second-order valence-corrected chi connectivity index (χ2v) is 7.79. The van der Waals surface area contributed by atoms with Gasteiger partial charge in [0.25, 0.3) is 0 Å². The van der Waals surface area contributed by atoms with Crippen molar-refractivity contribution in [1.29, 1.82) is 0 Å². The van der Waals surface area contributed by atoms with Crippen molar-refractivity contribution in [2.45, 2.75) is 6.54 Å². The molecule has 0 atom stereocenters. The number of fused-ring (bicyclic) bond motifs is 2. The van der Waals surface area contributed by atoms with Crippen molar-refractivity contribution in [3.05, 3.63) is 65.2 Å². The van der Waals surface area contributed by atoms with E-state index in [-0.39, 0.29) is 6.61 Å². The molecule has 1 aliphatic rings. The molecule has 0 saturated heterocycles. The molecular weight excluding hydrogens is 430 g/mol. The van der Waals surface area contributed by atoms with Crippen LogP contribution in [0.3, 0.4) is 0 Å². The third-order valence-electron chi connectivity index (χ3n) is 5.26. The van der Waals surface area contributed by atoms with Crippen molar-refractivity contribution in [3.63, 3.8) is 0 Å². The summed E-state index contributed by atoms with van der Waals surface area (Å²) in [5.74, 6) is 2.04. The third-order valence-corrected chi connectivity index (χ3v) is 5.66. The Morgan fingerprint density at radius 1 is 1.00 bits per heavy atom. The summed E-state index contributed by atoms with van der Waals surface area (Å²) >= 11 is 6.78. The monoisotopic (exact) mass is 451 g/mol. The molecule has 4 aromatic rings. The number of aromatic nitrogens is 1. The van der Waals surface area contributed by atoms with Gasteiger partial charge in [0.15, 0.2) is 22.9 Å². The van der Waals surface area contributed by atoms with E-state index in [9.17, 15) is 0 Å². The number of halogens is 1. The van der Waals surface area contributed by atoms with Crippen LogP contribution in [0, 0.1) is 0 Å². The van der Waals surface area contributed by atoms with Crippen molar-refractivity contribution >= 4 is 34.1 Å². The van der Waals surface area contributed by atoms with Gasteiger partial charge in [-0.3, -0.25) is 0 Å². The quantitative estimate of drug-likeness (QED) is 0.349. The molecule has 0 fully saturated rings. The van der Waals surface area contributed by atoms with Crippen molar-refractivity contribution in [1.82, 2.24) is 10.5 Å². The van der Waals surface area contributed by atoms with Gasteiger partial charge in [-0.25, -0.2) is 0 Å². The van der Waals surface area contributed by atoms with Crippen LogP contribution in [0.2, 0.25) is 5.02 Å². The predicted octanol–water partition coefficient (Wildman–Crippen LogP) is 4.74. The molecule has 7 nitrogen and oxygen atoms in total. The molecule has 0 spiro atoms. The average molecular weight is 452 g/mol. The number of nitrogens with zero attached hydrogens (tertiary/aromatic N) is 1. The third kappa shape index (κ3) is 4.10. The Bertz CT molecular complexity index is 1260. The van der Waals surface area contributed by atoms with E-state index in [0.717, 1.165) is 33.5 Å². The minimum absolute atomic E-state index is 0.0977. The van der Waals surface area contributed by atoms with Crippen LogP contribution in [-0.4, -0.2) is 36.6 Å². The lowest BCUT2D eigenvalue weighted by Gasteiger charge is -2.19. The maximum absolute atomic E-state index is 8.96. The number of nitrogens with one attached hydrogen (secondary N) is 2. The van der Waals surface area contributed by atoms with Crippen LogP contribution >= 0.6 is 11.6 Å². The first-order valence-corrected chi connectivity index (χ1v) is 10.8. The van der Waals surface area contributed by atoms with E-state index in [1.54, 1.807) is 0 Å². The van der Waals surface area contributed by atoms with Gasteiger partial charge in [0, 0.05) is 18.7 Å². The average Bonchev–Trinajstić information content (AvgIpc) is 3.22. The Kier molecular flexibility index (Phi) is 5.85. The Balaban J connectivity index is 1.44. The van der Waals surface area contributed by atoms with Gasteiger partial charge in [0.2, 0.25) is 0 Å². The van der Waals surface area contributed by atoms with E-state index in [2.05, 4.69) is 15.8 Å². The fourth-order valence-electron chi connectivity index (χ4n) is 3.69. The standard InChI is InChI=1S/C24H22ClN3O4/c25-23-17(16-5-7-21-22(13-16)31-11-10-30-21)2-1-3-19(23)27-24-18-12-15(14-26-8-9-29)4-6-20(18)32-28-24/h1-7,12-13,26,29H,8-11,14H2,(H,27,28). The Labute approximate surface area is 189 Å². The van der Waals surface area contributed by atoms with Gasteiger partial charge in [-0.05, 0) is 41.5 Å². The van der Waals surface area contributed by atoms with Gasteiger partial charge < -0.3 is 29.7 Å². The highest BCUT2D eigenvalue weighted by Gasteiger charge is 2.16. The highest BCUT2D eigenvalue weighted by molar-refractivity contribution is 6.36. The topological polar surface area (TPSA) is 88.8 Å². The van der Waals surface area contributed by atoms with Crippen LogP contribution < -0.4 is 20.1 Å². The summed E-state index contributed by atoms with van der Waals surface area (Å²) in [6.07, 6.45) is 0. The highest BCUT2D eigenvalue weighted by Crippen LogP contribution is 2.40. The second-order valence-electron chi connectivity index (χ2n) is 7.41. The smallest absolute Gasteiger partial charge is 0.181 e. The molecule has 0 saturated carbocycles. The maximum Gasteiger partial charge on any atom is 0.181 e. The van der Waals surface area contributed by atoms with Crippen LogP contribution in [0.25, 0.3) is 22.1 Å². The summed E-state index contributed by atoms with van der Waals surface area (Å²) in [6.45, 7) is 2.36. The number of benzene rings is 3. The van der Waals surface area contributed by atoms with E-state index in [1.807, 2.05) is 54.6 Å². The van der Waals surface area contributed by atoms with Gasteiger partial charge in [-0.15, -0.1) is 0 Å². The zero-order valence-corrected chi connectivity index (χ0v) is 18.0. The lowest BCUT2D eigenvalue weighted by atomic mass is 10.0. The molecule has 2 heterocycles. The van der Waals surface area contributed by atoms with E-state index in [1.165, 1.54) is 0 Å². The Morgan fingerprint density at radius 3 is 2.75 bits per heavy atom. The van der Waals surface area contributed by atoms with Gasteiger partial charge in [0.1, 0.15) is 13.2 Å². The van der Waals surface area contributed by atoms with Gasteiger partial charge in [0.05, 0.1) is 22.7 Å². The highest BCUT2D eigenvalue weighted by atomic mass is 35.5. The Morgan fingerprint density at radius 2 is 1.88 bits per heavy atom. The van der Waals surface area contributed by atoms with Gasteiger partial charge in [-0.1, -0.05) is 41.0 Å². The molecule has 8 heteroatoms. The van der Waals surface area contributed by atoms with Crippen LogP contribution in [0.15, 0.2) is 59.1 Å². The lowest BCUT2D eigenvalue weighted by Crippen LogP contribution is -2.17. The first-order chi connectivity index (χ1) is 15.7. The molecule has 164 valence electrons. The van der Waals surface area contributed by atoms with Crippen LogP contribution in [0.1, 0.15) is 5.56 Å². The Hall–Kier alpha value is -3.26. The van der Waals surface area contributed by atoms with Crippen molar-refractivity contribution in [2.24, 2.45) is 0 Å². The number of aliphatic hydroxyl groups is 1. The van der Waals surface area contributed by atoms with Crippen molar-refractivity contribution < 1.29 is 19.1 Å². The fourth-order valence-corrected chi connectivity index (χ4v) is 3.97. The van der Waals surface area contributed by atoms with E-state index < -0.39 is 0 Å². The maximum atomic E-state index is 8.96. The van der Waals surface area contributed by atoms with Crippen LogP contribution in [-0.2, 0) is 6.54 Å². The molecule has 0 radical (unpaired) electrons. The van der Waals surface area contributed by atoms with Crippen molar-refractivity contribution in [2.75, 3.05) is 31.7 Å². The minimum atomic E-state index is 0.0977. The summed E-state index contributed by atoms with van der Waals surface area (Å²) in [5.41, 5.74) is 4.27. The molecule has 0 bridgehead atoms. The largest absolute Gasteiger partial charge is 0.486 e. The van der Waals surface area contributed by atoms with Gasteiger partial charge >= 0.3 is 0 Å². The normalized spacial score (nSPS) is 12.8. The molecule has 3 aromatic carbocycles. The van der Waals surface area contributed by atoms with E-state index >= 15 is 0 Å². The van der Waals surface area contributed by atoms with E-state index in [0.29, 0.717) is 48.5 Å². The van der Waals surface area contributed by atoms with Crippen molar-refractivity contribution in [3.8, 4) is 22.6 Å². The summed E-state index contributed by atoms with van der Waals surface area (Å²) in [4.78, 5) is 0. The molecule has 5 rings (SSSR count). The van der Waals surface area contributed by atoms with Crippen LogP contribution in [0.5, 0.6) is 11.5 Å². The summed E-state index contributed by atoms with van der Waals surface area (Å²) in [7, 11) is 0. The minimum Gasteiger partial charge on any atom is -0.486 e. The molecule has 1 aliphatic heterocycles. The first-order valence-electron chi connectivity index (χ1n) is 10.4. The number of ether oxygens (including phenoxy) is 2. The summed E-state index contributed by atoms with van der Waals surface area (Å²) in [5, 5.41) is 21.1. The number of rotatable bonds is 7. The zero-order chi connectivity index (χ0) is 21.9. The predicted molar refractivity (Wildman–Crippen MR) is 124 cm³/mol. The second kappa shape index (κ2) is 9.08. The molecular formula is C24H22ClN3O4. The first kappa shape index (κ1) is 20.6. The molecule has 3 N–H and O–H groups in total. The zero-order valence-electron chi connectivity index (χ0n) is 17.2. The number of aliphatic hydroxyl groups excluding tert-OH is 1. The van der Waals surface area contributed by atoms with Crippen LogP contribution in [0.4, 0.5) is 11.5 Å². The molecule has 0 aliphatic carbocycles.